The number of pyridine rings is 1. The highest BCUT2D eigenvalue weighted by molar-refractivity contribution is 6.30. The summed E-state index contributed by atoms with van der Waals surface area (Å²) in [5, 5.41) is 6.95. The number of amides is 1. The van der Waals surface area contributed by atoms with Gasteiger partial charge in [0.2, 0.25) is 0 Å². The molecule has 0 spiro atoms. The Kier molecular flexibility index (Phi) is 7.45. The summed E-state index contributed by atoms with van der Waals surface area (Å²) >= 11 is 5.99. The maximum atomic E-state index is 12.2. The van der Waals surface area contributed by atoms with Gasteiger partial charge in [-0.1, -0.05) is 23.7 Å². The van der Waals surface area contributed by atoms with E-state index in [-0.39, 0.29) is 5.91 Å². The van der Waals surface area contributed by atoms with Gasteiger partial charge < -0.3 is 15.4 Å². The molecule has 3 rings (SSSR count). The molecule has 1 aliphatic heterocycles. The Labute approximate surface area is 164 Å². The van der Waals surface area contributed by atoms with Gasteiger partial charge in [0.15, 0.2) is 0 Å². The first-order valence-corrected chi connectivity index (χ1v) is 9.61. The topological polar surface area (TPSA) is 66.5 Å². The zero-order valence-corrected chi connectivity index (χ0v) is 16.0. The van der Waals surface area contributed by atoms with E-state index in [0.29, 0.717) is 12.1 Å². The van der Waals surface area contributed by atoms with Crippen molar-refractivity contribution in [3.05, 3.63) is 58.7 Å². The van der Waals surface area contributed by atoms with Crippen LogP contribution in [0.3, 0.4) is 0 Å². The molecule has 1 saturated heterocycles. The number of rotatable bonds is 8. The van der Waals surface area contributed by atoms with E-state index in [1.165, 1.54) is 5.56 Å². The molecule has 1 aromatic carbocycles. The van der Waals surface area contributed by atoms with Crippen molar-refractivity contribution in [2.24, 2.45) is 0 Å². The maximum Gasteiger partial charge on any atom is 0.252 e. The van der Waals surface area contributed by atoms with E-state index in [0.717, 1.165) is 56.7 Å². The lowest BCUT2D eigenvalue weighted by atomic mass is 10.1. The lowest BCUT2D eigenvalue weighted by Gasteiger charge is -2.26. The Morgan fingerprint density at radius 2 is 2.04 bits per heavy atom. The van der Waals surface area contributed by atoms with Crippen molar-refractivity contribution in [3.63, 3.8) is 0 Å². The maximum absolute atomic E-state index is 12.2. The number of carbonyl (C=O) groups is 1. The number of ether oxygens (including phenoxy) is 1. The standard InChI is InChI=1S/C20H25ClN4O2/c21-18-3-1-2-16(14-18)6-7-22-19-5-4-17(15-24-19)20(26)23-8-9-25-10-12-27-13-11-25/h1-5,14-15H,6-13H2,(H,22,24)(H,23,26). The fourth-order valence-electron chi connectivity index (χ4n) is 2.91. The first kappa shape index (κ1) is 19.6. The van der Waals surface area contributed by atoms with Gasteiger partial charge in [-0.15, -0.1) is 0 Å². The average Bonchev–Trinajstić information content (AvgIpc) is 2.69. The fourth-order valence-corrected chi connectivity index (χ4v) is 3.13. The van der Waals surface area contributed by atoms with Crippen LogP contribution < -0.4 is 10.6 Å². The Balaban J connectivity index is 1.39. The van der Waals surface area contributed by atoms with Crippen molar-refractivity contribution in [2.75, 3.05) is 51.3 Å². The molecule has 1 aliphatic rings. The van der Waals surface area contributed by atoms with E-state index in [9.17, 15) is 4.79 Å². The van der Waals surface area contributed by atoms with Crippen LogP contribution in [0, 0.1) is 0 Å². The number of morpholine rings is 1. The molecule has 0 unspecified atom stereocenters. The van der Waals surface area contributed by atoms with E-state index in [1.54, 1.807) is 12.3 Å². The van der Waals surface area contributed by atoms with Gasteiger partial charge >= 0.3 is 0 Å². The van der Waals surface area contributed by atoms with Crippen LogP contribution >= 0.6 is 11.6 Å². The van der Waals surface area contributed by atoms with E-state index in [2.05, 4.69) is 20.5 Å². The molecule has 1 aromatic heterocycles. The molecule has 0 atom stereocenters. The number of benzene rings is 1. The van der Waals surface area contributed by atoms with Gasteiger partial charge in [-0.2, -0.15) is 0 Å². The van der Waals surface area contributed by atoms with Gasteiger partial charge in [0, 0.05) is 43.9 Å². The van der Waals surface area contributed by atoms with Crippen LogP contribution in [0.25, 0.3) is 0 Å². The van der Waals surface area contributed by atoms with Crippen molar-refractivity contribution >= 4 is 23.3 Å². The third-order valence-corrected chi connectivity index (χ3v) is 4.69. The molecule has 27 heavy (non-hydrogen) atoms. The second-order valence-corrected chi connectivity index (χ2v) is 6.89. The third-order valence-electron chi connectivity index (χ3n) is 4.45. The second-order valence-electron chi connectivity index (χ2n) is 6.45. The Morgan fingerprint density at radius 3 is 2.78 bits per heavy atom. The first-order chi connectivity index (χ1) is 13.2. The molecule has 6 nitrogen and oxygen atoms in total. The summed E-state index contributed by atoms with van der Waals surface area (Å²) < 4.78 is 5.32. The van der Waals surface area contributed by atoms with E-state index in [1.807, 2.05) is 30.3 Å². The molecule has 2 N–H and O–H groups in total. The van der Waals surface area contributed by atoms with Crippen molar-refractivity contribution in [1.29, 1.82) is 0 Å². The molecule has 2 aromatic rings. The Bertz CT molecular complexity index is 733. The quantitative estimate of drug-likeness (QED) is 0.727. The average molecular weight is 389 g/mol. The normalized spacial score (nSPS) is 14.7. The summed E-state index contributed by atoms with van der Waals surface area (Å²) in [7, 11) is 0. The molecular weight excluding hydrogens is 364 g/mol. The summed E-state index contributed by atoms with van der Waals surface area (Å²) in [4.78, 5) is 18.8. The highest BCUT2D eigenvalue weighted by atomic mass is 35.5. The highest BCUT2D eigenvalue weighted by Crippen LogP contribution is 2.11. The second kappa shape index (κ2) is 10.3. The van der Waals surface area contributed by atoms with Crippen LogP contribution in [-0.4, -0.2) is 61.7 Å². The summed E-state index contributed by atoms with van der Waals surface area (Å²) in [5.41, 5.74) is 1.74. The molecule has 1 fully saturated rings. The van der Waals surface area contributed by atoms with Crippen molar-refractivity contribution in [1.82, 2.24) is 15.2 Å². The Morgan fingerprint density at radius 1 is 1.19 bits per heavy atom. The van der Waals surface area contributed by atoms with E-state index in [4.69, 9.17) is 16.3 Å². The summed E-state index contributed by atoms with van der Waals surface area (Å²) in [5.74, 6) is 0.656. The fraction of sp³-hybridized carbons (Fsp3) is 0.400. The number of anilines is 1. The van der Waals surface area contributed by atoms with Crippen molar-refractivity contribution in [2.45, 2.75) is 6.42 Å². The van der Waals surface area contributed by atoms with Gasteiger partial charge in [0.25, 0.3) is 5.91 Å². The molecule has 0 saturated carbocycles. The predicted molar refractivity (Wildman–Crippen MR) is 107 cm³/mol. The monoisotopic (exact) mass is 388 g/mol. The van der Waals surface area contributed by atoms with Crippen LogP contribution in [0.1, 0.15) is 15.9 Å². The van der Waals surface area contributed by atoms with Crippen molar-refractivity contribution in [3.8, 4) is 0 Å². The number of nitrogens with one attached hydrogen (secondary N) is 2. The summed E-state index contributed by atoms with van der Waals surface area (Å²) in [6.07, 6.45) is 2.46. The molecule has 7 heteroatoms. The van der Waals surface area contributed by atoms with Crippen LogP contribution in [0.5, 0.6) is 0 Å². The van der Waals surface area contributed by atoms with Gasteiger partial charge in [-0.25, -0.2) is 4.98 Å². The number of hydrogen-bond donors (Lipinski definition) is 2. The molecule has 144 valence electrons. The van der Waals surface area contributed by atoms with Gasteiger partial charge in [0.1, 0.15) is 5.82 Å². The largest absolute Gasteiger partial charge is 0.379 e. The minimum Gasteiger partial charge on any atom is -0.379 e. The zero-order valence-electron chi connectivity index (χ0n) is 15.3. The molecule has 2 heterocycles. The summed E-state index contributed by atoms with van der Waals surface area (Å²) in [6.45, 7) is 5.59. The first-order valence-electron chi connectivity index (χ1n) is 9.23. The van der Waals surface area contributed by atoms with E-state index >= 15 is 0 Å². The lowest BCUT2D eigenvalue weighted by Crippen LogP contribution is -2.41. The third kappa shape index (κ3) is 6.50. The number of hydrogen-bond acceptors (Lipinski definition) is 5. The zero-order chi connectivity index (χ0) is 18.9. The minimum atomic E-state index is -0.0961. The Hall–Kier alpha value is -2.15. The number of nitrogens with zero attached hydrogens (tertiary/aromatic N) is 2. The smallest absolute Gasteiger partial charge is 0.252 e. The van der Waals surface area contributed by atoms with Crippen LogP contribution in [-0.2, 0) is 11.2 Å². The van der Waals surface area contributed by atoms with Gasteiger partial charge in [-0.3, -0.25) is 9.69 Å². The highest BCUT2D eigenvalue weighted by Gasteiger charge is 2.11. The SMILES string of the molecule is O=C(NCCN1CCOCC1)c1ccc(NCCc2cccc(Cl)c2)nc1. The summed E-state index contributed by atoms with van der Waals surface area (Å²) in [6, 6.07) is 11.4. The molecule has 0 aliphatic carbocycles. The number of aromatic nitrogens is 1. The molecular formula is C20H25ClN4O2. The van der Waals surface area contributed by atoms with Crippen molar-refractivity contribution < 1.29 is 9.53 Å². The van der Waals surface area contributed by atoms with E-state index < -0.39 is 0 Å². The van der Waals surface area contributed by atoms with Crippen LogP contribution in [0.4, 0.5) is 5.82 Å². The van der Waals surface area contributed by atoms with Crippen LogP contribution in [0.2, 0.25) is 5.02 Å². The molecule has 1 amide bonds. The van der Waals surface area contributed by atoms with Gasteiger partial charge in [0.05, 0.1) is 18.8 Å². The molecule has 0 radical (unpaired) electrons. The van der Waals surface area contributed by atoms with Crippen LogP contribution in [0.15, 0.2) is 42.6 Å². The predicted octanol–water partition coefficient (Wildman–Crippen LogP) is 2.45. The molecule has 0 bridgehead atoms. The number of carbonyl (C=O) groups excluding carboxylic acids is 1. The lowest BCUT2D eigenvalue weighted by molar-refractivity contribution is 0.0383. The van der Waals surface area contributed by atoms with Gasteiger partial charge in [-0.05, 0) is 36.2 Å². The number of halogens is 1. The minimum absolute atomic E-state index is 0.0961.